The minimum Gasteiger partial charge on any atom is -0.332 e. The van der Waals surface area contributed by atoms with E-state index in [1.807, 2.05) is 48.5 Å². The summed E-state index contributed by atoms with van der Waals surface area (Å²) in [6, 6.07) is 17.8. The fourth-order valence-corrected chi connectivity index (χ4v) is 2.74. The Kier molecular flexibility index (Phi) is 3.74. The quantitative estimate of drug-likeness (QED) is 0.550. The Bertz CT molecular complexity index is 988. The Morgan fingerprint density at radius 2 is 1.83 bits per heavy atom. The van der Waals surface area contributed by atoms with Gasteiger partial charge in [-0.2, -0.15) is 10.1 Å². The number of benzene rings is 2. The third-order valence-electron chi connectivity index (χ3n) is 3.76. The van der Waals surface area contributed by atoms with Crippen LogP contribution in [-0.4, -0.2) is 20.3 Å². The number of nitrogens with one attached hydrogen (secondary N) is 1. The SMILES string of the molecule is Cc1ccccc1-c1cc(-c2nc(-c3ccc(Br)cc3)no2)[nH]n1. The largest absolute Gasteiger partial charge is 0.332 e. The van der Waals surface area contributed by atoms with Crippen LogP contribution in [0.1, 0.15) is 5.56 Å². The molecule has 0 saturated heterocycles. The molecule has 0 spiro atoms. The number of halogens is 1. The normalized spacial score (nSPS) is 10.9. The molecule has 2 aromatic carbocycles. The van der Waals surface area contributed by atoms with Gasteiger partial charge in [0, 0.05) is 15.6 Å². The van der Waals surface area contributed by atoms with Crippen LogP contribution in [0.5, 0.6) is 0 Å². The second-order valence-electron chi connectivity index (χ2n) is 5.41. The van der Waals surface area contributed by atoms with Crippen molar-refractivity contribution in [2.24, 2.45) is 0 Å². The lowest BCUT2D eigenvalue weighted by Crippen LogP contribution is -1.81. The second-order valence-corrected chi connectivity index (χ2v) is 6.33. The van der Waals surface area contributed by atoms with Gasteiger partial charge < -0.3 is 4.52 Å². The highest BCUT2D eigenvalue weighted by atomic mass is 79.9. The number of hydrogen-bond donors (Lipinski definition) is 1. The van der Waals surface area contributed by atoms with E-state index in [0.29, 0.717) is 17.4 Å². The van der Waals surface area contributed by atoms with Crippen LogP contribution in [0.15, 0.2) is 63.6 Å². The first-order chi connectivity index (χ1) is 11.7. The molecule has 2 heterocycles. The minimum absolute atomic E-state index is 0.417. The number of aromatic nitrogens is 4. The first-order valence-corrected chi connectivity index (χ1v) is 8.21. The summed E-state index contributed by atoms with van der Waals surface area (Å²) in [4.78, 5) is 4.45. The molecule has 1 N–H and O–H groups in total. The van der Waals surface area contributed by atoms with Crippen LogP contribution in [0.2, 0.25) is 0 Å². The van der Waals surface area contributed by atoms with Crippen LogP contribution < -0.4 is 0 Å². The van der Waals surface area contributed by atoms with Crippen LogP contribution >= 0.6 is 15.9 Å². The smallest absolute Gasteiger partial charge is 0.276 e. The van der Waals surface area contributed by atoms with Gasteiger partial charge in [0.15, 0.2) is 0 Å². The molecule has 0 bridgehead atoms. The van der Waals surface area contributed by atoms with Crippen molar-refractivity contribution in [3.63, 3.8) is 0 Å². The predicted molar refractivity (Wildman–Crippen MR) is 95.2 cm³/mol. The third-order valence-corrected chi connectivity index (χ3v) is 4.29. The van der Waals surface area contributed by atoms with Crippen molar-refractivity contribution in [1.29, 1.82) is 0 Å². The number of aromatic amines is 1. The molecule has 0 atom stereocenters. The van der Waals surface area contributed by atoms with Gasteiger partial charge in [-0.15, -0.1) is 0 Å². The summed E-state index contributed by atoms with van der Waals surface area (Å²) in [5.74, 6) is 0.963. The lowest BCUT2D eigenvalue weighted by Gasteiger charge is -1.99. The molecule has 0 unspecified atom stereocenters. The van der Waals surface area contributed by atoms with E-state index >= 15 is 0 Å². The molecule has 5 nitrogen and oxygen atoms in total. The van der Waals surface area contributed by atoms with Gasteiger partial charge in [0.1, 0.15) is 5.69 Å². The van der Waals surface area contributed by atoms with Gasteiger partial charge in [-0.1, -0.05) is 45.4 Å². The topological polar surface area (TPSA) is 67.6 Å². The summed E-state index contributed by atoms with van der Waals surface area (Å²) < 4.78 is 6.38. The van der Waals surface area contributed by atoms with Gasteiger partial charge in [0.05, 0.1) is 5.69 Å². The van der Waals surface area contributed by atoms with Crippen LogP contribution in [0, 0.1) is 6.92 Å². The van der Waals surface area contributed by atoms with Crippen LogP contribution in [-0.2, 0) is 0 Å². The maximum atomic E-state index is 5.37. The fourth-order valence-electron chi connectivity index (χ4n) is 2.48. The summed E-state index contributed by atoms with van der Waals surface area (Å²) >= 11 is 3.41. The molecule has 0 saturated carbocycles. The average molecular weight is 381 g/mol. The maximum Gasteiger partial charge on any atom is 0.276 e. The number of rotatable bonds is 3. The van der Waals surface area contributed by atoms with Gasteiger partial charge in [0.2, 0.25) is 5.82 Å². The molecular weight excluding hydrogens is 368 g/mol. The number of aryl methyl sites for hydroxylation is 1. The van der Waals surface area contributed by atoms with Crippen LogP contribution in [0.25, 0.3) is 34.2 Å². The van der Waals surface area contributed by atoms with E-state index in [0.717, 1.165) is 26.9 Å². The Morgan fingerprint density at radius 3 is 2.62 bits per heavy atom. The van der Waals surface area contributed by atoms with Gasteiger partial charge in [-0.3, -0.25) is 5.10 Å². The first kappa shape index (κ1) is 14.8. The van der Waals surface area contributed by atoms with E-state index in [4.69, 9.17) is 4.52 Å². The molecule has 6 heteroatoms. The minimum atomic E-state index is 0.417. The van der Waals surface area contributed by atoms with E-state index in [2.05, 4.69) is 49.3 Å². The zero-order chi connectivity index (χ0) is 16.5. The zero-order valence-corrected chi connectivity index (χ0v) is 14.4. The second kappa shape index (κ2) is 6.05. The van der Waals surface area contributed by atoms with Crippen LogP contribution in [0.3, 0.4) is 0 Å². The molecule has 24 heavy (non-hydrogen) atoms. The highest BCUT2D eigenvalue weighted by Gasteiger charge is 2.14. The highest BCUT2D eigenvalue weighted by molar-refractivity contribution is 9.10. The van der Waals surface area contributed by atoms with Gasteiger partial charge in [0.25, 0.3) is 5.89 Å². The molecule has 0 aliphatic rings. The van der Waals surface area contributed by atoms with Gasteiger partial charge in [-0.25, -0.2) is 0 Å². The monoisotopic (exact) mass is 380 g/mol. The molecular formula is C18H13BrN4O. The Labute approximate surface area is 146 Å². The molecule has 4 aromatic rings. The molecule has 0 aliphatic carbocycles. The Balaban J connectivity index is 1.66. The zero-order valence-electron chi connectivity index (χ0n) is 12.8. The van der Waals surface area contributed by atoms with Crippen molar-refractivity contribution in [1.82, 2.24) is 20.3 Å². The lowest BCUT2D eigenvalue weighted by molar-refractivity contribution is 0.431. The van der Waals surface area contributed by atoms with Gasteiger partial charge in [-0.05, 0) is 42.8 Å². The van der Waals surface area contributed by atoms with E-state index in [-0.39, 0.29) is 0 Å². The molecule has 2 aromatic heterocycles. The van der Waals surface area contributed by atoms with Crippen molar-refractivity contribution >= 4 is 15.9 Å². The Hall–Kier alpha value is -2.73. The summed E-state index contributed by atoms with van der Waals surface area (Å²) in [7, 11) is 0. The van der Waals surface area contributed by atoms with Crippen LogP contribution in [0.4, 0.5) is 0 Å². The maximum absolute atomic E-state index is 5.37. The standard InChI is InChI=1S/C18H13BrN4O/c1-11-4-2-3-5-14(11)15-10-16(22-21-15)18-20-17(23-24-18)12-6-8-13(19)9-7-12/h2-10H,1H3,(H,21,22). The van der Waals surface area contributed by atoms with Crippen molar-refractivity contribution in [3.8, 4) is 34.2 Å². The van der Waals surface area contributed by atoms with Crippen molar-refractivity contribution < 1.29 is 4.52 Å². The Morgan fingerprint density at radius 1 is 1.04 bits per heavy atom. The molecule has 0 radical (unpaired) electrons. The highest BCUT2D eigenvalue weighted by Crippen LogP contribution is 2.27. The molecule has 0 aliphatic heterocycles. The molecule has 0 amide bonds. The summed E-state index contributed by atoms with van der Waals surface area (Å²) in [5.41, 5.74) is 4.69. The fraction of sp³-hybridized carbons (Fsp3) is 0.0556. The van der Waals surface area contributed by atoms with Crippen molar-refractivity contribution in [2.45, 2.75) is 6.92 Å². The summed E-state index contributed by atoms with van der Waals surface area (Å²) in [6.45, 7) is 2.06. The van der Waals surface area contributed by atoms with E-state index < -0.39 is 0 Å². The van der Waals surface area contributed by atoms with E-state index in [1.54, 1.807) is 0 Å². The summed E-state index contributed by atoms with van der Waals surface area (Å²) in [6.07, 6.45) is 0. The molecule has 0 fully saturated rings. The van der Waals surface area contributed by atoms with Crippen molar-refractivity contribution in [3.05, 3.63) is 64.6 Å². The van der Waals surface area contributed by atoms with Crippen molar-refractivity contribution in [2.75, 3.05) is 0 Å². The first-order valence-electron chi connectivity index (χ1n) is 7.42. The predicted octanol–water partition coefficient (Wildman–Crippen LogP) is 4.86. The average Bonchev–Trinajstić information content (AvgIpc) is 3.25. The molecule has 4 rings (SSSR count). The number of hydrogen-bond acceptors (Lipinski definition) is 4. The molecule has 118 valence electrons. The lowest BCUT2D eigenvalue weighted by atomic mass is 10.1. The van der Waals surface area contributed by atoms with Gasteiger partial charge >= 0.3 is 0 Å². The number of nitrogens with zero attached hydrogens (tertiary/aromatic N) is 3. The van der Waals surface area contributed by atoms with E-state index in [9.17, 15) is 0 Å². The third kappa shape index (κ3) is 2.76. The van der Waals surface area contributed by atoms with E-state index in [1.165, 1.54) is 0 Å². The number of H-pyrrole nitrogens is 1. The summed E-state index contributed by atoms with van der Waals surface area (Å²) in [5, 5.41) is 11.4.